The SMILES string of the molecule is NC1(CO)CCCC1CCOCCC1CC1. The predicted molar refractivity (Wildman–Crippen MR) is 64.1 cm³/mol. The Labute approximate surface area is 98.4 Å². The number of ether oxygens (including phenoxy) is 1. The Morgan fingerprint density at radius 2 is 1.94 bits per heavy atom. The molecule has 0 saturated heterocycles. The maximum Gasteiger partial charge on any atom is 0.0613 e. The highest BCUT2D eigenvalue weighted by Gasteiger charge is 2.38. The number of hydrogen-bond donors (Lipinski definition) is 2. The van der Waals surface area contributed by atoms with Gasteiger partial charge in [-0.25, -0.2) is 0 Å². The van der Waals surface area contributed by atoms with Crippen molar-refractivity contribution in [2.45, 2.75) is 50.5 Å². The molecule has 0 aromatic rings. The average molecular weight is 227 g/mol. The van der Waals surface area contributed by atoms with Crippen LogP contribution in [0, 0.1) is 11.8 Å². The summed E-state index contributed by atoms with van der Waals surface area (Å²) >= 11 is 0. The molecular formula is C13H25NO2. The molecule has 2 atom stereocenters. The van der Waals surface area contributed by atoms with Crippen LogP contribution in [0.15, 0.2) is 0 Å². The van der Waals surface area contributed by atoms with Crippen LogP contribution in [0.3, 0.4) is 0 Å². The largest absolute Gasteiger partial charge is 0.394 e. The van der Waals surface area contributed by atoms with E-state index < -0.39 is 0 Å². The van der Waals surface area contributed by atoms with E-state index in [9.17, 15) is 5.11 Å². The lowest BCUT2D eigenvalue weighted by Crippen LogP contribution is -2.47. The summed E-state index contributed by atoms with van der Waals surface area (Å²) in [6.45, 7) is 1.85. The standard InChI is InChI=1S/C13H25NO2/c14-13(10-15)7-1-2-12(13)6-9-16-8-5-11-3-4-11/h11-12,15H,1-10,14H2. The summed E-state index contributed by atoms with van der Waals surface area (Å²) in [7, 11) is 0. The molecule has 3 nitrogen and oxygen atoms in total. The topological polar surface area (TPSA) is 55.5 Å². The highest BCUT2D eigenvalue weighted by atomic mass is 16.5. The van der Waals surface area contributed by atoms with Crippen molar-refractivity contribution in [3.63, 3.8) is 0 Å². The lowest BCUT2D eigenvalue weighted by atomic mass is 9.87. The lowest BCUT2D eigenvalue weighted by molar-refractivity contribution is 0.0911. The molecule has 16 heavy (non-hydrogen) atoms. The fraction of sp³-hybridized carbons (Fsp3) is 1.00. The molecular weight excluding hydrogens is 202 g/mol. The van der Waals surface area contributed by atoms with Gasteiger partial charge in [0.1, 0.15) is 0 Å². The summed E-state index contributed by atoms with van der Waals surface area (Å²) in [5, 5.41) is 9.31. The van der Waals surface area contributed by atoms with E-state index in [-0.39, 0.29) is 12.1 Å². The normalized spacial score (nSPS) is 34.5. The van der Waals surface area contributed by atoms with Crippen molar-refractivity contribution >= 4 is 0 Å². The second-order valence-corrected chi connectivity index (χ2v) is 5.61. The summed E-state index contributed by atoms with van der Waals surface area (Å²) in [6, 6.07) is 0. The third-order valence-corrected chi connectivity index (χ3v) is 4.28. The van der Waals surface area contributed by atoms with Crippen molar-refractivity contribution in [1.29, 1.82) is 0 Å². The Morgan fingerprint density at radius 1 is 1.19 bits per heavy atom. The highest BCUT2D eigenvalue weighted by molar-refractivity contribution is 4.95. The molecule has 2 rings (SSSR count). The van der Waals surface area contributed by atoms with E-state index in [1.807, 2.05) is 0 Å². The molecule has 0 radical (unpaired) electrons. The van der Waals surface area contributed by atoms with Gasteiger partial charge in [-0.2, -0.15) is 0 Å². The third-order valence-electron chi connectivity index (χ3n) is 4.28. The van der Waals surface area contributed by atoms with Gasteiger partial charge < -0.3 is 15.6 Å². The van der Waals surface area contributed by atoms with Crippen molar-refractivity contribution in [3.8, 4) is 0 Å². The van der Waals surface area contributed by atoms with Gasteiger partial charge in [0, 0.05) is 18.8 Å². The summed E-state index contributed by atoms with van der Waals surface area (Å²) in [4.78, 5) is 0. The molecule has 0 amide bonds. The molecule has 0 bridgehead atoms. The first-order valence-electron chi connectivity index (χ1n) is 6.72. The number of aliphatic hydroxyl groups is 1. The van der Waals surface area contributed by atoms with Crippen molar-refractivity contribution in [2.24, 2.45) is 17.6 Å². The molecule has 2 unspecified atom stereocenters. The van der Waals surface area contributed by atoms with Gasteiger partial charge in [-0.1, -0.05) is 19.3 Å². The molecule has 0 aliphatic heterocycles. The molecule has 0 aromatic carbocycles. The van der Waals surface area contributed by atoms with Crippen LogP contribution in [0.4, 0.5) is 0 Å². The van der Waals surface area contributed by atoms with E-state index in [0.717, 1.165) is 44.8 Å². The fourth-order valence-electron chi connectivity index (χ4n) is 2.79. The van der Waals surface area contributed by atoms with Crippen LogP contribution in [0.25, 0.3) is 0 Å². The van der Waals surface area contributed by atoms with Gasteiger partial charge in [0.15, 0.2) is 0 Å². The number of hydrogen-bond acceptors (Lipinski definition) is 3. The molecule has 3 N–H and O–H groups in total. The van der Waals surface area contributed by atoms with Crippen LogP contribution >= 0.6 is 0 Å². The van der Waals surface area contributed by atoms with Gasteiger partial charge >= 0.3 is 0 Å². The van der Waals surface area contributed by atoms with Gasteiger partial charge in [-0.3, -0.25) is 0 Å². The van der Waals surface area contributed by atoms with Gasteiger partial charge in [0.2, 0.25) is 0 Å². The average Bonchev–Trinajstić information content (AvgIpc) is 3.03. The Bertz CT molecular complexity index is 218. The van der Waals surface area contributed by atoms with Gasteiger partial charge in [0.05, 0.1) is 6.61 Å². The summed E-state index contributed by atoms with van der Waals surface area (Å²) in [5.41, 5.74) is 5.85. The van der Waals surface area contributed by atoms with E-state index in [1.165, 1.54) is 19.3 Å². The Kier molecular flexibility index (Phi) is 4.22. The molecule has 3 heteroatoms. The smallest absolute Gasteiger partial charge is 0.0613 e. The van der Waals surface area contributed by atoms with Crippen LogP contribution < -0.4 is 5.73 Å². The first-order chi connectivity index (χ1) is 7.74. The van der Waals surface area contributed by atoms with Crippen LogP contribution in [0.5, 0.6) is 0 Å². The van der Waals surface area contributed by atoms with Crippen molar-refractivity contribution in [1.82, 2.24) is 0 Å². The summed E-state index contributed by atoms with van der Waals surface area (Å²) in [6.07, 6.45) is 8.34. The molecule has 2 saturated carbocycles. The van der Waals surface area contributed by atoms with Crippen LogP contribution in [-0.4, -0.2) is 30.5 Å². The summed E-state index contributed by atoms with van der Waals surface area (Å²) in [5.74, 6) is 1.41. The molecule has 2 aliphatic rings. The molecule has 0 aromatic heterocycles. The number of nitrogens with two attached hydrogens (primary N) is 1. The zero-order valence-corrected chi connectivity index (χ0v) is 10.2. The molecule has 94 valence electrons. The number of rotatable bonds is 7. The zero-order chi connectivity index (χ0) is 11.4. The summed E-state index contributed by atoms with van der Waals surface area (Å²) < 4.78 is 5.65. The van der Waals surface area contributed by atoms with Crippen LogP contribution in [0.2, 0.25) is 0 Å². The Balaban J connectivity index is 1.57. The second-order valence-electron chi connectivity index (χ2n) is 5.61. The van der Waals surface area contributed by atoms with E-state index in [2.05, 4.69) is 0 Å². The molecule has 2 aliphatic carbocycles. The van der Waals surface area contributed by atoms with Crippen LogP contribution in [-0.2, 0) is 4.74 Å². The molecule has 0 spiro atoms. The fourth-order valence-corrected chi connectivity index (χ4v) is 2.79. The maximum atomic E-state index is 9.31. The minimum Gasteiger partial charge on any atom is -0.394 e. The Morgan fingerprint density at radius 3 is 2.62 bits per heavy atom. The van der Waals surface area contributed by atoms with Gasteiger partial charge in [0.25, 0.3) is 0 Å². The van der Waals surface area contributed by atoms with Crippen molar-refractivity contribution < 1.29 is 9.84 Å². The van der Waals surface area contributed by atoms with Crippen molar-refractivity contribution in [2.75, 3.05) is 19.8 Å². The quantitative estimate of drug-likeness (QED) is 0.651. The van der Waals surface area contributed by atoms with E-state index in [4.69, 9.17) is 10.5 Å². The molecule has 2 fully saturated rings. The minimum absolute atomic E-state index is 0.125. The van der Waals surface area contributed by atoms with Crippen LogP contribution in [0.1, 0.15) is 44.9 Å². The van der Waals surface area contributed by atoms with Crippen molar-refractivity contribution in [3.05, 3.63) is 0 Å². The van der Waals surface area contributed by atoms with Gasteiger partial charge in [-0.15, -0.1) is 0 Å². The second kappa shape index (κ2) is 5.48. The van der Waals surface area contributed by atoms with E-state index >= 15 is 0 Å². The predicted octanol–water partition coefficient (Wildman–Crippen LogP) is 1.68. The lowest BCUT2D eigenvalue weighted by Gasteiger charge is -2.29. The highest BCUT2D eigenvalue weighted by Crippen LogP contribution is 2.36. The molecule has 0 heterocycles. The third kappa shape index (κ3) is 3.19. The number of aliphatic hydroxyl groups excluding tert-OH is 1. The zero-order valence-electron chi connectivity index (χ0n) is 10.2. The first-order valence-corrected chi connectivity index (χ1v) is 6.72. The maximum absolute atomic E-state index is 9.31. The minimum atomic E-state index is -0.320. The Hall–Kier alpha value is -0.120. The van der Waals surface area contributed by atoms with E-state index in [0.29, 0.717) is 5.92 Å². The van der Waals surface area contributed by atoms with E-state index in [1.54, 1.807) is 0 Å². The monoisotopic (exact) mass is 227 g/mol. The first kappa shape index (κ1) is 12.3. The van der Waals surface area contributed by atoms with Gasteiger partial charge in [-0.05, 0) is 37.5 Å².